The minimum Gasteiger partial charge on any atom is -0.394 e. The van der Waals surface area contributed by atoms with Crippen molar-refractivity contribution in [1.29, 1.82) is 0 Å². The lowest BCUT2D eigenvalue weighted by Crippen LogP contribution is -2.60. The first-order chi connectivity index (χ1) is 33.8. The van der Waals surface area contributed by atoms with Crippen LogP contribution >= 0.6 is 0 Å². The van der Waals surface area contributed by atoms with Crippen LogP contribution in [0.4, 0.5) is 0 Å². The molecule has 6 N–H and O–H groups in total. The molecule has 0 aromatic carbocycles. The average Bonchev–Trinajstić information content (AvgIpc) is 3.35. The van der Waals surface area contributed by atoms with E-state index in [1.54, 1.807) is 6.08 Å². The molecule has 0 spiro atoms. The van der Waals surface area contributed by atoms with Gasteiger partial charge in [0.05, 0.1) is 25.4 Å². The number of hydrogen-bond acceptors (Lipinski definition) is 8. The van der Waals surface area contributed by atoms with Crippen LogP contribution in [0.3, 0.4) is 0 Å². The summed E-state index contributed by atoms with van der Waals surface area (Å²) in [5, 5.41) is 54.0. The number of allylic oxidation sites excluding steroid dienone is 13. The summed E-state index contributed by atoms with van der Waals surface area (Å²) in [6.07, 6.45) is 62.7. The van der Waals surface area contributed by atoms with E-state index in [-0.39, 0.29) is 12.5 Å². The molecule has 0 aliphatic carbocycles. The zero-order chi connectivity index (χ0) is 50.1. The third-order valence-corrected chi connectivity index (χ3v) is 13.0. The predicted octanol–water partition coefficient (Wildman–Crippen LogP) is 13.8. The number of carbonyl (C=O) groups excluding carboxylic acids is 1. The van der Waals surface area contributed by atoms with Crippen LogP contribution in [0, 0.1) is 0 Å². The summed E-state index contributed by atoms with van der Waals surface area (Å²) < 4.78 is 11.2. The zero-order valence-corrected chi connectivity index (χ0v) is 44.0. The Morgan fingerprint density at radius 1 is 0.507 bits per heavy atom. The van der Waals surface area contributed by atoms with E-state index in [2.05, 4.69) is 92.1 Å². The molecule has 1 aliphatic rings. The van der Waals surface area contributed by atoms with Crippen molar-refractivity contribution in [3.05, 3.63) is 85.1 Å². The van der Waals surface area contributed by atoms with Crippen LogP contribution in [0.5, 0.6) is 0 Å². The third-order valence-electron chi connectivity index (χ3n) is 13.0. The van der Waals surface area contributed by atoms with Crippen LogP contribution in [0.2, 0.25) is 0 Å². The maximum absolute atomic E-state index is 12.9. The summed E-state index contributed by atoms with van der Waals surface area (Å²) in [7, 11) is 0. The van der Waals surface area contributed by atoms with Crippen molar-refractivity contribution in [2.75, 3.05) is 13.2 Å². The molecule has 0 bridgehead atoms. The van der Waals surface area contributed by atoms with E-state index in [0.29, 0.717) is 6.42 Å². The standard InChI is InChI=1S/C60H105NO8/c1-3-5-7-9-11-12-13-14-15-16-17-18-19-20-21-22-23-24-25-26-27-28-29-30-31-32-33-34-35-36-37-38-39-40-41-42-44-46-48-50-56(64)61-53(54(63)49-47-45-43-10-8-6-4-2)52-68-60-59(67)58(66)57(65)55(51-62)69-60/h5,7,11-12,14-15,17-18,20-21,23-24,47,49,53-55,57-60,62-63,65-67H,3-4,6,8-10,13,16,19,22,25-46,48,50-52H2,1-2H3,(H,61,64)/b7-5-,12-11-,15-14-,18-17-,21-20-,24-23-,49-47+. The number of unbranched alkanes of at least 4 members (excludes halogenated alkanes) is 25. The van der Waals surface area contributed by atoms with E-state index >= 15 is 0 Å². The molecule has 1 heterocycles. The van der Waals surface area contributed by atoms with Gasteiger partial charge < -0.3 is 40.3 Å². The Morgan fingerprint density at radius 2 is 0.899 bits per heavy atom. The van der Waals surface area contributed by atoms with Crippen molar-refractivity contribution in [3.8, 4) is 0 Å². The average molecular weight is 968 g/mol. The predicted molar refractivity (Wildman–Crippen MR) is 290 cm³/mol. The quantitative estimate of drug-likeness (QED) is 0.0261. The summed E-state index contributed by atoms with van der Waals surface area (Å²) in [6, 6.07) is -0.803. The highest BCUT2D eigenvalue weighted by atomic mass is 16.7. The summed E-state index contributed by atoms with van der Waals surface area (Å²) in [5.74, 6) is -0.181. The minimum absolute atomic E-state index is 0.181. The van der Waals surface area contributed by atoms with Crippen LogP contribution in [0.15, 0.2) is 85.1 Å². The van der Waals surface area contributed by atoms with Gasteiger partial charge in [0.2, 0.25) is 5.91 Å². The van der Waals surface area contributed by atoms with Crippen LogP contribution < -0.4 is 5.32 Å². The van der Waals surface area contributed by atoms with Gasteiger partial charge >= 0.3 is 0 Å². The van der Waals surface area contributed by atoms with E-state index in [0.717, 1.165) is 77.0 Å². The van der Waals surface area contributed by atoms with Crippen molar-refractivity contribution in [3.63, 3.8) is 0 Å². The molecule has 0 aromatic rings. The zero-order valence-electron chi connectivity index (χ0n) is 44.0. The van der Waals surface area contributed by atoms with Crippen molar-refractivity contribution < 1.29 is 39.8 Å². The lowest BCUT2D eigenvalue weighted by molar-refractivity contribution is -0.302. The van der Waals surface area contributed by atoms with Gasteiger partial charge in [-0.2, -0.15) is 0 Å². The normalized spacial score (nSPS) is 20.1. The van der Waals surface area contributed by atoms with E-state index < -0.39 is 49.5 Å². The monoisotopic (exact) mass is 968 g/mol. The lowest BCUT2D eigenvalue weighted by Gasteiger charge is -2.40. The molecule has 1 aliphatic heterocycles. The summed E-state index contributed by atoms with van der Waals surface area (Å²) in [4.78, 5) is 12.9. The summed E-state index contributed by atoms with van der Waals surface area (Å²) in [6.45, 7) is 3.59. The molecule has 1 amide bonds. The number of ether oxygens (including phenoxy) is 2. The van der Waals surface area contributed by atoms with Gasteiger partial charge in [0, 0.05) is 6.42 Å². The first kappa shape index (κ1) is 64.4. The van der Waals surface area contributed by atoms with Gasteiger partial charge in [-0.15, -0.1) is 0 Å². The van der Waals surface area contributed by atoms with Crippen LogP contribution in [-0.4, -0.2) is 87.5 Å². The second kappa shape index (κ2) is 49.0. The number of aliphatic hydroxyl groups is 5. The Labute approximate surface area is 422 Å². The molecule has 0 saturated carbocycles. The first-order valence-electron chi connectivity index (χ1n) is 28.3. The number of aliphatic hydroxyl groups excluding tert-OH is 5. The van der Waals surface area contributed by atoms with Crippen LogP contribution in [0.1, 0.15) is 232 Å². The minimum atomic E-state index is -1.57. The Hall–Kier alpha value is -2.63. The number of rotatable bonds is 47. The van der Waals surface area contributed by atoms with E-state index in [1.165, 1.54) is 135 Å². The second-order valence-electron chi connectivity index (χ2n) is 19.4. The van der Waals surface area contributed by atoms with Gasteiger partial charge in [-0.25, -0.2) is 0 Å². The fourth-order valence-corrected chi connectivity index (χ4v) is 8.51. The van der Waals surface area contributed by atoms with Crippen molar-refractivity contribution in [1.82, 2.24) is 5.32 Å². The lowest BCUT2D eigenvalue weighted by atomic mass is 9.99. The molecule has 1 rings (SSSR count). The molecule has 9 heteroatoms. The number of amides is 1. The Kier molecular flexibility index (Phi) is 45.7. The van der Waals surface area contributed by atoms with Crippen LogP contribution in [-0.2, 0) is 14.3 Å². The van der Waals surface area contributed by atoms with Gasteiger partial charge in [-0.1, -0.05) is 240 Å². The molecular weight excluding hydrogens is 863 g/mol. The first-order valence-corrected chi connectivity index (χ1v) is 28.3. The molecule has 69 heavy (non-hydrogen) atoms. The Bertz CT molecular complexity index is 1350. The molecule has 0 aromatic heterocycles. The molecular formula is C60H105NO8. The van der Waals surface area contributed by atoms with E-state index in [1.807, 2.05) is 6.08 Å². The number of hydrogen-bond donors (Lipinski definition) is 6. The molecule has 9 nitrogen and oxygen atoms in total. The topological polar surface area (TPSA) is 149 Å². The smallest absolute Gasteiger partial charge is 0.220 e. The van der Waals surface area contributed by atoms with E-state index in [9.17, 15) is 30.3 Å². The maximum Gasteiger partial charge on any atom is 0.220 e. The fraction of sp³-hybridized carbons (Fsp3) is 0.750. The molecule has 1 saturated heterocycles. The highest BCUT2D eigenvalue weighted by Crippen LogP contribution is 2.23. The van der Waals surface area contributed by atoms with Gasteiger partial charge in [-0.3, -0.25) is 4.79 Å². The SMILES string of the molecule is CC/C=C\C/C=C\C/C=C\C/C=C\C/C=C\C/C=C\CCCCCCCCCCCCCCCCCCCCCCC(=O)NC(COC1OC(CO)C(O)C(O)C1O)C(O)/C=C/CCCCCCC. The maximum atomic E-state index is 12.9. The van der Waals surface area contributed by atoms with Crippen molar-refractivity contribution >= 4 is 5.91 Å². The largest absolute Gasteiger partial charge is 0.394 e. The molecule has 398 valence electrons. The van der Waals surface area contributed by atoms with E-state index in [4.69, 9.17) is 9.47 Å². The van der Waals surface area contributed by atoms with Crippen molar-refractivity contribution in [2.24, 2.45) is 0 Å². The second-order valence-corrected chi connectivity index (χ2v) is 19.4. The Balaban J connectivity index is 2.00. The van der Waals surface area contributed by atoms with Gasteiger partial charge in [0.25, 0.3) is 0 Å². The van der Waals surface area contributed by atoms with Crippen molar-refractivity contribution in [2.45, 2.75) is 275 Å². The fourth-order valence-electron chi connectivity index (χ4n) is 8.51. The van der Waals surface area contributed by atoms with Gasteiger partial charge in [-0.05, 0) is 70.6 Å². The molecule has 7 atom stereocenters. The van der Waals surface area contributed by atoms with Gasteiger partial charge in [0.1, 0.15) is 24.4 Å². The molecule has 1 fully saturated rings. The number of carbonyl (C=O) groups is 1. The summed E-state index contributed by atoms with van der Waals surface area (Å²) >= 11 is 0. The molecule has 7 unspecified atom stereocenters. The van der Waals surface area contributed by atoms with Crippen LogP contribution in [0.25, 0.3) is 0 Å². The summed E-state index contributed by atoms with van der Waals surface area (Å²) in [5.41, 5.74) is 0. The number of nitrogens with one attached hydrogen (secondary N) is 1. The van der Waals surface area contributed by atoms with Gasteiger partial charge in [0.15, 0.2) is 6.29 Å². The molecule has 0 radical (unpaired) electrons. The highest BCUT2D eigenvalue weighted by Gasteiger charge is 2.44. The Morgan fingerprint density at radius 3 is 1.33 bits per heavy atom. The highest BCUT2D eigenvalue weighted by molar-refractivity contribution is 5.76. The third kappa shape index (κ3) is 38.7.